The lowest BCUT2D eigenvalue weighted by atomic mass is 10.0. The second kappa shape index (κ2) is 4.61. The molecule has 1 aliphatic heterocycles. The summed E-state index contributed by atoms with van der Waals surface area (Å²) in [5.74, 6) is -1.25. The largest absolute Gasteiger partial charge is 0.369 e. The molecular weight excluding hydrogens is 212 g/mol. The van der Waals surface area contributed by atoms with Crippen LogP contribution in [0.2, 0.25) is 0 Å². The molecule has 3 amide bonds. The van der Waals surface area contributed by atoms with Crippen molar-refractivity contribution in [3.05, 3.63) is 0 Å². The summed E-state index contributed by atoms with van der Waals surface area (Å²) >= 11 is 0. The van der Waals surface area contributed by atoms with Crippen molar-refractivity contribution in [3.63, 3.8) is 0 Å². The topological polar surface area (TPSA) is 75.7 Å². The predicted molar refractivity (Wildman–Crippen MR) is 55.4 cm³/mol. The van der Waals surface area contributed by atoms with Gasteiger partial charge in [0.05, 0.1) is 0 Å². The number of piperazine rings is 1. The summed E-state index contributed by atoms with van der Waals surface area (Å²) in [6, 6.07) is 0. The van der Waals surface area contributed by atoms with Crippen LogP contribution in [0.1, 0.15) is 20.3 Å². The first-order valence-corrected chi connectivity index (χ1v) is 5.10. The molecule has 0 saturated carbocycles. The van der Waals surface area contributed by atoms with E-state index in [1.807, 2.05) is 6.92 Å². The second-order valence-corrected chi connectivity index (χ2v) is 3.92. The summed E-state index contributed by atoms with van der Waals surface area (Å²) in [6.45, 7) is 3.27. The van der Waals surface area contributed by atoms with Crippen LogP contribution in [-0.2, 0) is 19.1 Å². The molecule has 1 fully saturated rings. The molecule has 1 unspecified atom stereocenters. The highest BCUT2D eigenvalue weighted by Gasteiger charge is 2.38. The summed E-state index contributed by atoms with van der Waals surface area (Å²) in [5.41, 5.74) is -0.974. The van der Waals surface area contributed by atoms with Crippen molar-refractivity contribution in [1.29, 1.82) is 0 Å². The molecule has 1 N–H and O–H groups in total. The molecule has 1 saturated heterocycles. The zero-order valence-corrected chi connectivity index (χ0v) is 9.70. The number of nitrogens with one attached hydrogen (secondary N) is 1. The monoisotopic (exact) mass is 228 g/mol. The fourth-order valence-electron chi connectivity index (χ4n) is 1.50. The molecule has 0 aromatic rings. The number of rotatable bonds is 3. The predicted octanol–water partition coefficient (Wildman–Crippen LogP) is -0.713. The lowest BCUT2D eigenvalue weighted by Crippen LogP contribution is -2.58. The van der Waals surface area contributed by atoms with E-state index in [9.17, 15) is 14.4 Å². The zero-order valence-electron chi connectivity index (χ0n) is 9.70. The van der Waals surface area contributed by atoms with Crippen molar-refractivity contribution in [2.75, 3.05) is 20.2 Å². The third-order valence-electron chi connectivity index (χ3n) is 2.81. The van der Waals surface area contributed by atoms with Crippen LogP contribution < -0.4 is 5.32 Å². The van der Waals surface area contributed by atoms with Gasteiger partial charge in [0.1, 0.15) is 18.7 Å². The Labute approximate surface area is 93.9 Å². The molecule has 0 bridgehead atoms. The van der Waals surface area contributed by atoms with E-state index in [2.05, 4.69) is 5.32 Å². The van der Waals surface area contributed by atoms with E-state index in [4.69, 9.17) is 4.74 Å². The van der Waals surface area contributed by atoms with E-state index in [1.165, 1.54) is 12.0 Å². The zero-order chi connectivity index (χ0) is 12.3. The van der Waals surface area contributed by atoms with Crippen molar-refractivity contribution >= 4 is 17.7 Å². The molecule has 16 heavy (non-hydrogen) atoms. The maximum atomic E-state index is 12.0. The van der Waals surface area contributed by atoms with Crippen LogP contribution in [0.5, 0.6) is 0 Å². The van der Waals surface area contributed by atoms with Crippen LogP contribution in [0.4, 0.5) is 0 Å². The first kappa shape index (κ1) is 12.6. The molecule has 0 aromatic heterocycles. The van der Waals surface area contributed by atoms with Crippen LogP contribution in [0, 0.1) is 0 Å². The minimum absolute atomic E-state index is 0.0937. The van der Waals surface area contributed by atoms with Crippen molar-refractivity contribution in [1.82, 2.24) is 10.2 Å². The Morgan fingerprint density at radius 3 is 2.31 bits per heavy atom. The minimum Gasteiger partial charge on any atom is -0.369 e. The second-order valence-electron chi connectivity index (χ2n) is 3.92. The number of hydrogen-bond donors (Lipinski definition) is 1. The van der Waals surface area contributed by atoms with Crippen molar-refractivity contribution < 1.29 is 19.1 Å². The van der Waals surface area contributed by atoms with Gasteiger partial charge in [0, 0.05) is 7.11 Å². The van der Waals surface area contributed by atoms with E-state index in [0.717, 1.165) is 0 Å². The molecule has 90 valence electrons. The van der Waals surface area contributed by atoms with Crippen molar-refractivity contribution in [3.8, 4) is 0 Å². The Morgan fingerprint density at radius 2 is 1.94 bits per heavy atom. The molecule has 1 heterocycles. The highest BCUT2D eigenvalue weighted by Crippen LogP contribution is 2.18. The number of hydrogen-bond acceptors (Lipinski definition) is 4. The van der Waals surface area contributed by atoms with Crippen LogP contribution in [0.3, 0.4) is 0 Å². The molecule has 0 aromatic carbocycles. The molecule has 0 spiro atoms. The van der Waals surface area contributed by atoms with Crippen LogP contribution in [0.15, 0.2) is 0 Å². The summed E-state index contributed by atoms with van der Waals surface area (Å²) in [4.78, 5) is 35.5. The standard InChI is InChI=1S/C10H16N2O4/c1-4-10(2,16-3)9(15)12-5-7(13)11-8(14)6-12/h4-6H2,1-3H3,(H,11,13,14). The van der Waals surface area contributed by atoms with Gasteiger partial charge < -0.3 is 9.64 Å². The SMILES string of the molecule is CCC(C)(OC)C(=O)N1CC(=O)NC(=O)C1. The fourth-order valence-corrected chi connectivity index (χ4v) is 1.50. The number of nitrogens with zero attached hydrogens (tertiary/aromatic N) is 1. The van der Waals surface area contributed by atoms with E-state index in [-0.39, 0.29) is 19.0 Å². The molecule has 6 nitrogen and oxygen atoms in total. The first-order chi connectivity index (χ1) is 7.42. The van der Waals surface area contributed by atoms with Gasteiger partial charge in [-0.1, -0.05) is 6.92 Å². The maximum Gasteiger partial charge on any atom is 0.255 e. The Hall–Kier alpha value is -1.43. The van der Waals surface area contributed by atoms with E-state index >= 15 is 0 Å². The Kier molecular flexibility index (Phi) is 3.64. The van der Waals surface area contributed by atoms with Crippen molar-refractivity contribution in [2.45, 2.75) is 25.9 Å². The third-order valence-corrected chi connectivity index (χ3v) is 2.81. The van der Waals surface area contributed by atoms with Crippen LogP contribution in [0.25, 0.3) is 0 Å². The molecule has 0 aliphatic carbocycles. The smallest absolute Gasteiger partial charge is 0.255 e. The van der Waals surface area contributed by atoms with Gasteiger partial charge in [-0.05, 0) is 13.3 Å². The summed E-state index contributed by atoms with van der Waals surface area (Å²) in [6.07, 6.45) is 0.481. The minimum atomic E-state index is -0.974. The molecule has 1 rings (SSSR count). The molecule has 0 radical (unpaired) electrons. The number of amides is 3. The van der Waals surface area contributed by atoms with Gasteiger partial charge in [-0.3, -0.25) is 19.7 Å². The molecule has 1 atom stereocenters. The highest BCUT2D eigenvalue weighted by atomic mass is 16.5. The van der Waals surface area contributed by atoms with Gasteiger partial charge in [0.2, 0.25) is 11.8 Å². The van der Waals surface area contributed by atoms with E-state index in [1.54, 1.807) is 6.92 Å². The molecule has 6 heteroatoms. The van der Waals surface area contributed by atoms with Crippen LogP contribution >= 0.6 is 0 Å². The average molecular weight is 228 g/mol. The van der Waals surface area contributed by atoms with Gasteiger partial charge in [0.15, 0.2) is 0 Å². The highest BCUT2D eigenvalue weighted by molar-refractivity contribution is 6.03. The van der Waals surface area contributed by atoms with Crippen molar-refractivity contribution in [2.24, 2.45) is 0 Å². The van der Waals surface area contributed by atoms with Crippen LogP contribution in [-0.4, -0.2) is 48.4 Å². The number of imide groups is 1. The molecular formula is C10H16N2O4. The number of carbonyl (C=O) groups is 3. The van der Waals surface area contributed by atoms with Gasteiger partial charge in [-0.25, -0.2) is 0 Å². The summed E-state index contributed by atoms with van der Waals surface area (Å²) in [7, 11) is 1.44. The fraction of sp³-hybridized carbons (Fsp3) is 0.700. The van der Waals surface area contributed by atoms with E-state index in [0.29, 0.717) is 6.42 Å². The lowest BCUT2D eigenvalue weighted by molar-refractivity contribution is -0.159. The quantitative estimate of drug-likeness (QED) is 0.647. The van der Waals surface area contributed by atoms with Gasteiger partial charge in [-0.2, -0.15) is 0 Å². The third kappa shape index (κ3) is 2.38. The number of methoxy groups -OCH3 is 1. The Balaban J connectivity index is 2.80. The number of ether oxygens (including phenoxy) is 1. The Bertz CT molecular complexity index is 307. The molecule has 1 aliphatic rings. The lowest BCUT2D eigenvalue weighted by Gasteiger charge is -2.33. The maximum absolute atomic E-state index is 12.0. The average Bonchev–Trinajstić information content (AvgIpc) is 2.25. The van der Waals surface area contributed by atoms with E-state index < -0.39 is 17.4 Å². The first-order valence-electron chi connectivity index (χ1n) is 5.10. The Morgan fingerprint density at radius 1 is 1.44 bits per heavy atom. The van der Waals surface area contributed by atoms with Gasteiger partial charge in [0.25, 0.3) is 5.91 Å². The van der Waals surface area contributed by atoms with Gasteiger partial charge >= 0.3 is 0 Å². The normalized spacial score (nSPS) is 20.3. The summed E-state index contributed by atoms with van der Waals surface area (Å²) < 4.78 is 5.14. The van der Waals surface area contributed by atoms with Gasteiger partial charge in [-0.15, -0.1) is 0 Å². The number of carbonyl (C=O) groups excluding carboxylic acids is 3. The summed E-state index contributed by atoms with van der Waals surface area (Å²) in [5, 5.41) is 2.14.